The van der Waals surface area contributed by atoms with Crippen LogP contribution in [0.2, 0.25) is 0 Å². The van der Waals surface area contributed by atoms with Gasteiger partial charge in [-0.15, -0.1) is 0 Å². The quantitative estimate of drug-likeness (QED) is 0.220. The van der Waals surface area contributed by atoms with E-state index >= 15 is 0 Å². The van der Waals surface area contributed by atoms with Crippen LogP contribution in [0.4, 0.5) is 5.82 Å². The lowest BCUT2D eigenvalue weighted by atomic mass is 10.0. The molecule has 1 saturated heterocycles. The van der Waals surface area contributed by atoms with Crippen molar-refractivity contribution in [2.75, 3.05) is 32.6 Å². The minimum atomic E-state index is -0.356. The van der Waals surface area contributed by atoms with Crippen molar-refractivity contribution in [3.8, 4) is 17.6 Å². The number of thiocarbonyl (C=S) groups is 1. The van der Waals surface area contributed by atoms with Crippen LogP contribution in [0.1, 0.15) is 55.4 Å². The van der Waals surface area contributed by atoms with Crippen molar-refractivity contribution in [3.05, 3.63) is 55.7 Å². The molecular weight excluding hydrogens is 520 g/mol. The molecule has 202 valence electrons. The zero-order valence-electron chi connectivity index (χ0n) is 22.6. The number of pyridine rings is 1. The topological polar surface area (TPSA) is 96.6 Å². The average molecular weight is 555 g/mol. The average Bonchev–Trinajstić information content (AvgIpc) is 3.18. The fourth-order valence-corrected chi connectivity index (χ4v) is 5.65. The van der Waals surface area contributed by atoms with Gasteiger partial charge in [-0.25, -0.2) is 0 Å². The molecule has 0 bridgehead atoms. The number of aromatic nitrogens is 1. The summed E-state index contributed by atoms with van der Waals surface area (Å²) in [6.45, 7) is 7.18. The lowest BCUT2D eigenvalue weighted by molar-refractivity contribution is -0.122. The van der Waals surface area contributed by atoms with Gasteiger partial charge in [0.1, 0.15) is 21.8 Å². The number of anilines is 1. The molecule has 1 aromatic heterocycles. The highest BCUT2D eigenvalue weighted by atomic mass is 32.2. The minimum Gasteiger partial charge on any atom is -0.493 e. The van der Waals surface area contributed by atoms with Gasteiger partial charge in [-0.2, -0.15) is 5.26 Å². The molecule has 0 unspecified atom stereocenters. The lowest BCUT2D eigenvalue weighted by Gasteiger charge is -2.19. The number of hydrogen-bond acceptors (Lipinski definition) is 8. The van der Waals surface area contributed by atoms with Gasteiger partial charge >= 0.3 is 0 Å². The van der Waals surface area contributed by atoms with Crippen molar-refractivity contribution in [1.29, 1.82) is 5.26 Å². The first-order valence-corrected chi connectivity index (χ1v) is 13.9. The summed E-state index contributed by atoms with van der Waals surface area (Å²) in [7, 11) is 3.19. The molecule has 38 heavy (non-hydrogen) atoms. The summed E-state index contributed by atoms with van der Waals surface area (Å²) in [5.74, 6) is 1.73. The summed E-state index contributed by atoms with van der Waals surface area (Å²) in [5, 5.41) is 13.1. The number of carbonyl (C=O) groups is 1. The van der Waals surface area contributed by atoms with Crippen LogP contribution in [-0.2, 0) is 17.8 Å². The Balaban J connectivity index is 1.97. The number of rotatable bonds is 12. The maximum atomic E-state index is 13.2. The monoisotopic (exact) mass is 554 g/mol. The van der Waals surface area contributed by atoms with Crippen LogP contribution >= 0.6 is 24.0 Å². The van der Waals surface area contributed by atoms with E-state index < -0.39 is 0 Å². The second-order valence-corrected chi connectivity index (χ2v) is 10.5. The molecule has 2 aromatic rings. The molecule has 3 rings (SSSR count). The molecule has 0 spiro atoms. The van der Waals surface area contributed by atoms with E-state index in [1.807, 2.05) is 25.1 Å². The number of nitrogens with one attached hydrogen (secondary N) is 1. The van der Waals surface area contributed by atoms with Gasteiger partial charge < -0.3 is 14.8 Å². The van der Waals surface area contributed by atoms with E-state index in [1.165, 1.54) is 11.8 Å². The van der Waals surface area contributed by atoms with Crippen LogP contribution in [0.15, 0.2) is 27.9 Å². The number of methoxy groups -OCH3 is 2. The van der Waals surface area contributed by atoms with Crippen LogP contribution in [0, 0.1) is 18.3 Å². The Morgan fingerprint density at radius 1 is 1.16 bits per heavy atom. The fourth-order valence-electron chi connectivity index (χ4n) is 4.36. The molecule has 1 amide bonds. The van der Waals surface area contributed by atoms with Crippen LogP contribution in [-0.4, -0.2) is 47.0 Å². The number of nitriles is 1. The number of nitrogens with zero attached hydrogens (tertiary/aromatic N) is 3. The summed E-state index contributed by atoms with van der Waals surface area (Å²) in [6.07, 6.45) is 5.38. The maximum absolute atomic E-state index is 13.2. The molecule has 0 radical (unpaired) electrons. The molecule has 0 saturated carbocycles. The molecule has 1 aliphatic rings. The molecule has 0 aliphatic carbocycles. The Labute approximate surface area is 233 Å². The second kappa shape index (κ2) is 13.5. The maximum Gasteiger partial charge on any atom is 0.270 e. The molecule has 1 fully saturated rings. The van der Waals surface area contributed by atoms with Gasteiger partial charge in [0, 0.05) is 25.2 Å². The lowest BCUT2D eigenvalue weighted by Crippen LogP contribution is -2.29. The summed E-state index contributed by atoms with van der Waals surface area (Å²) < 4.78 is 12.8. The molecular formula is C28H34N4O4S2. The summed E-state index contributed by atoms with van der Waals surface area (Å²) >= 11 is 6.75. The number of benzene rings is 1. The van der Waals surface area contributed by atoms with Crippen molar-refractivity contribution in [2.24, 2.45) is 0 Å². The molecule has 1 N–H and O–H groups in total. The summed E-state index contributed by atoms with van der Waals surface area (Å²) in [4.78, 5) is 28.4. The fraction of sp³-hybridized carbons (Fsp3) is 0.429. The van der Waals surface area contributed by atoms with Gasteiger partial charge in [0.15, 0.2) is 11.5 Å². The predicted octanol–water partition coefficient (Wildman–Crippen LogP) is 5.11. The normalized spacial score (nSPS) is 14.2. The standard InChI is InChI=1S/C28H34N4O4S2/c1-6-8-9-14-32-27(34)24(38-28(32)37)16-20-18(3)21(17-29)26(33)31(7-2)25(20)30-13-12-19-10-11-22(35-4)23(15-19)36-5/h10-11,15-16,30H,6-9,12-14H2,1-5H3/b24-16+. The largest absolute Gasteiger partial charge is 0.493 e. The minimum absolute atomic E-state index is 0.0713. The van der Waals surface area contributed by atoms with Crippen molar-refractivity contribution in [1.82, 2.24) is 9.47 Å². The Kier molecular flexibility index (Phi) is 10.4. The number of ether oxygens (including phenoxy) is 2. The molecule has 1 aliphatic heterocycles. The van der Waals surface area contributed by atoms with Crippen molar-refractivity contribution < 1.29 is 14.3 Å². The van der Waals surface area contributed by atoms with Crippen molar-refractivity contribution >= 4 is 46.1 Å². The van der Waals surface area contributed by atoms with Gasteiger partial charge in [0.25, 0.3) is 11.5 Å². The van der Waals surface area contributed by atoms with E-state index in [4.69, 9.17) is 21.7 Å². The van der Waals surface area contributed by atoms with Crippen LogP contribution in [0.5, 0.6) is 11.5 Å². The second-order valence-electron chi connectivity index (χ2n) is 8.83. The van der Waals surface area contributed by atoms with Gasteiger partial charge in [0.05, 0.1) is 19.1 Å². The first-order chi connectivity index (χ1) is 18.3. The van der Waals surface area contributed by atoms with E-state index in [-0.39, 0.29) is 17.0 Å². The highest BCUT2D eigenvalue weighted by Crippen LogP contribution is 2.35. The number of carbonyl (C=O) groups excluding carboxylic acids is 1. The van der Waals surface area contributed by atoms with E-state index in [0.29, 0.717) is 63.7 Å². The summed E-state index contributed by atoms with van der Waals surface area (Å²) in [5.41, 5.74) is 1.92. The highest BCUT2D eigenvalue weighted by Gasteiger charge is 2.32. The summed E-state index contributed by atoms with van der Waals surface area (Å²) in [6, 6.07) is 7.79. The van der Waals surface area contributed by atoms with E-state index in [9.17, 15) is 14.9 Å². The first kappa shape index (κ1) is 29.3. The molecule has 2 heterocycles. The highest BCUT2D eigenvalue weighted by molar-refractivity contribution is 8.26. The zero-order chi connectivity index (χ0) is 27.8. The molecule has 8 nitrogen and oxygen atoms in total. The first-order valence-electron chi connectivity index (χ1n) is 12.7. The number of hydrogen-bond donors (Lipinski definition) is 1. The predicted molar refractivity (Wildman–Crippen MR) is 157 cm³/mol. The number of amides is 1. The van der Waals surface area contributed by atoms with Gasteiger partial charge in [-0.1, -0.05) is 49.8 Å². The smallest absolute Gasteiger partial charge is 0.270 e. The zero-order valence-corrected chi connectivity index (χ0v) is 24.2. The van der Waals surface area contributed by atoms with Crippen molar-refractivity contribution in [3.63, 3.8) is 0 Å². The van der Waals surface area contributed by atoms with Crippen LogP contribution < -0.4 is 20.3 Å². The van der Waals surface area contributed by atoms with Gasteiger partial charge in [-0.3, -0.25) is 19.1 Å². The molecule has 10 heteroatoms. The van der Waals surface area contributed by atoms with E-state index in [0.717, 1.165) is 24.8 Å². The van der Waals surface area contributed by atoms with Crippen LogP contribution in [0.3, 0.4) is 0 Å². The SMILES string of the molecule is CCCCCN1C(=O)/C(=C\c2c(C)c(C#N)c(=O)n(CC)c2NCCc2ccc(OC)c(OC)c2)SC1=S. The Morgan fingerprint density at radius 3 is 2.53 bits per heavy atom. The number of unbranched alkanes of at least 4 members (excludes halogenated alkanes) is 2. The van der Waals surface area contributed by atoms with Gasteiger partial charge in [-0.05, 0) is 56.0 Å². The van der Waals surface area contributed by atoms with E-state index in [1.54, 1.807) is 36.7 Å². The van der Waals surface area contributed by atoms with Gasteiger partial charge in [0.2, 0.25) is 0 Å². The molecule has 0 atom stereocenters. The Bertz CT molecular complexity index is 1340. The molecule has 1 aromatic carbocycles. The Hall–Kier alpha value is -3.29. The van der Waals surface area contributed by atoms with Crippen molar-refractivity contribution in [2.45, 2.75) is 53.0 Å². The third kappa shape index (κ3) is 6.22. The van der Waals surface area contributed by atoms with Crippen LogP contribution in [0.25, 0.3) is 6.08 Å². The Morgan fingerprint density at radius 2 is 1.89 bits per heavy atom. The third-order valence-corrected chi connectivity index (χ3v) is 7.86. The van der Waals surface area contributed by atoms with E-state index in [2.05, 4.69) is 18.3 Å². The number of thioether (sulfide) groups is 1. The third-order valence-electron chi connectivity index (χ3n) is 6.48.